The van der Waals surface area contributed by atoms with E-state index >= 15 is 0 Å². The maximum Gasteiger partial charge on any atom is 1.00 e. The Hall–Kier alpha value is -0.133. The van der Waals surface area contributed by atoms with E-state index in [1.54, 1.807) is 6.92 Å². The van der Waals surface area contributed by atoms with Crippen molar-refractivity contribution in [3.8, 4) is 0 Å². The molecule has 0 aromatic rings. The van der Waals surface area contributed by atoms with Gasteiger partial charge in [-0.1, -0.05) is 6.92 Å². The predicted molar refractivity (Wildman–Crippen MR) is 34.1 cm³/mol. The van der Waals surface area contributed by atoms with Crippen molar-refractivity contribution in [3.05, 3.63) is 0 Å². The van der Waals surface area contributed by atoms with Crippen LogP contribution in [0.3, 0.4) is 0 Å². The van der Waals surface area contributed by atoms with Crippen LogP contribution < -0.4 is 24.0 Å². The summed E-state index contributed by atoms with van der Waals surface area (Å²) in [6.45, 7) is 1.69. The number of thiocarbonyl (C=S) groups is 1. The first-order valence-electron chi connectivity index (χ1n) is 2.50. The monoisotopic (exact) mass is 151 g/mol. The zero-order valence-corrected chi connectivity index (χ0v) is 6.77. The first-order valence-corrected chi connectivity index (χ1v) is 2.91. The Bertz CT molecular complexity index is 154. The van der Waals surface area contributed by atoms with Gasteiger partial charge in [0.25, 0.3) is 0 Å². The Kier molecular flexibility index (Phi) is 8.75. The molecule has 0 saturated heterocycles. The number of hydrogen-bond donors (Lipinski definition) is 0. The summed E-state index contributed by atoms with van der Waals surface area (Å²) in [5.74, 6) is -1.20. The van der Waals surface area contributed by atoms with E-state index < -0.39 is 12.0 Å². The fraction of sp³-hybridized carbons (Fsp3) is 0.600. The summed E-state index contributed by atoms with van der Waals surface area (Å²) in [5.41, 5.74) is 0. The summed E-state index contributed by atoms with van der Waals surface area (Å²) in [5, 5.41) is 12.0. The Labute approximate surface area is 76.7 Å². The van der Waals surface area contributed by atoms with E-state index in [1.165, 1.54) is 0 Å². The molecule has 3 nitrogen and oxygen atoms in total. The number of carboxylic acids is 1. The van der Waals surface area contributed by atoms with Gasteiger partial charge in [0.05, 0.1) is 17.2 Å². The number of carbonyl (C=O) groups is 1. The van der Waals surface area contributed by atoms with Crippen LogP contribution >= 0.6 is 12.2 Å². The number of aliphatic imine (C=N–C) groups is 1. The molecule has 1 unspecified atom stereocenters. The molecule has 5 heteroatoms. The molecule has 1 atom stereocenters. The molecule has 0 amide bonds. The number of aliphatic carboxylic acids is 1. The van der Waals surface area contributed by atoms with Gasteiger partial charge in [0.2, 0.25) is 0 Å². The van der Waals surface area contributed by atoms with Crippen molar-refractivity contribution >= 4 is 23.3 Å². The molecule has 0 radical (unpaired) electrons. The largest absolute Gasteiger partial charge is 1.00 e. The third-order valence-corrected chi connectivity index (χ3v) is 0.973. The SMILES string of the molecule is CCC(N=C=S)C(=O)[O-].[Li+]. The van der Waals surface area contributed by atoms with Crippen LogP contribution in [-0.4, -0.2) is 17.2 Å². The van der Waals surface area contributed by atoms with E-state index in [-0.39, 0.29) is 18.9 Å². The van der Waals surface area contributed by atoms with E-state index in [1.807, 2.05) is 5.16 Å². The molecule has 50 valence electrons. The van der Waals surface area contributed by atoms with Crippen LogP contribution in [0.15, 0.2) is 4.99 Å². The third kappa shape index (κ3) is 4.72. The van der Waals surface area contributed by atoms with E-state index in [4.69, 9.17) is 0 Å². The summed E-state index contributed by atoms with van der Waals surface area (Å²) in [7, 11) is 0. The molecule has 0 aliphatic heterocycles. The Morgan fingerprint density at radius 3 is 2.50 bits per heavy atom. The van der Waals surface area contributed by atoms with Gasteiger partial charge in [-0.15, -0.1) is 0 Å². The van der Waals surface area contributed by atoms with E-state index in [0.717, 1.165) is 0 Å². The van der Waals surface area contributed by atoms with Crippen LogP contribution in [0.2, 0.25) is 0 Å². The molecule has 0 N–H and O–H groups in total. The van der Waals surface area contributed by atoms with Crippen molar-refractivity contribution in [1.82, 2.24) is 0 Å². The zero-order chi connectivity index (χ0) is 7.28. The molecule has 0 rings (SSSR count). The second-order valence-electron chi connectivity index (χ2n) is 1.46. The van der Waals surface area contributed by atoms with Crippen LogP contribution in [0.4, 0.5) is 0 Å². The Morgan fingerprint density at radius 1 is 1.90 bits per heavy atom. The van der Waals surface area contributed by atoms with Gasteiger partial charge in [-0.3, -0.25) is 0 Å². The third-order valence-electron chi connectivity index (χ3n) is 0.867. The first-order chi connectivity index (χ1) is 4.22. The van der Waals surface area contributed by atoms with Crippen molar-refractivity contribution in [2.45, 2.75) is 19.4 Å². The predicted octanol–water partition coefficient (Wildman–Crippen LogP) is -3.38. The average Bonchev–Trinajstić information content (AvgIpc) is 1.82. The molecule has 0 aliphatic carbocycles. The van der Waals surface area contributed by atoms with Crippen molar-refractivity contribution in [3.63, 3.8) is 0 Å². The molecular weight excluding hydrogens is 145 g/mol. The summed E-state index contributed by atoms with van der Waals surface area (Å²) < 4.78 is 0. The van der Waals surface area contributed by atoms with Crippen LogP contribution in [0.5, 0.6) is 0 Å². The van der Waals surface area contributed by atoms with Crippen LogP contribution in [0.1, 0.15) is 13.3 Å². The summed E-state index contributed by atoms with van der Waals surface area (Å²) in [6, 6.07) is -0.817. The van der Waals surface area contributed by atoms with E-state index in [2.05, 4.69) is 17.2 Å². The fourth-order valence-electron chi connectivity index (χ4n) is 0.374. The molecule has 10 heavy (non-hydrogen) atoms. The molecule has 0 heterocycles. The normalized spacial score (nSPS) is 10.5. The van der Waals surface area contributed by atoms with Gasteiger partial charge in [0, 0.05) is 0 Å². The maximum absolute atomic E-state index is 10.0. The number of carbonyl (C=O) groups excluding carboxylic acids is 1. The second kappa shape index (κ2) is 6.98. The molecule has 0 saturated carbocycles. The summed E-state index contributed by atoms with van der Waals surface area (Å²) in [6.07, 6.45) is 0.395. The number of rotatable bonds is 3. The average molecular weight is 151 g/mol. The number of hydrogen-bond acceptors (Lipinski definition) is 4. The van der Waals surface area contributed by atoms with Crippen LogP contribution in [0, 0.1) is 0 Å². The molecular formula is C5H6LiNO2S. The molecule has 0 bridgehead atoms. The van der Waals surface area contributed by atoms with Gasteiger partial charge in [0.1, 0.15) is 0 Å². The van der Waals surface area contributed by atoms with Crippen molar-refractivity contribution < 1.29 is 28.8 Å². The first kappa shape index (κ1) is 12.5. The van der Waals surface area contributed by atoms with E-state index in [9.17, 15) is 9.90 Å². The van der Waals surface area contributed by atoms with Crippen LogP contribution in [-0.2, 0) is 4.79 Å². The Morgan fingerprint density at radius 2 is 2.40 bits per heavy atom. The minimum atomic E-state index is -1.20. The van der Waals surface area contributed by atoms with Gasteiger partial charge in [-0.2, -0.15) is 0 Å². The van der Waals surface area contributed by atoms with Gasteiger partial charge in [-0.05, 0) is 18.6 Å². The standard InChI is InChI=1S/C5H7NO2S.Li/c1-2-4(5(7)8)6-3-9;/h4H,2H2,1H3,(H,7,8);/q;+1/p-1. The maximum atomic E-state index is 10.0. The van der Waals surface area contributed by atoms with Gasteiger partial charge in [0.15, 0.2) is 0 Å². The summed E-state index contributed by atoms with van der Waals surface area (Å²) >= 11 is 4.21. The van der Waals surface area contributed by atoms with Crippen molar-refractivity contribution in [2.24, 2.45) is 4.99 Å². The second-order valence-corrected chi connectivity index (χ2v) is 1.65. The van der Waals surface area contributed by atoms with Gasteiger partial charge in [-0.25, -0.2) is 4.99 Å². The Balaban J connectivity index is 0. The van der Waals surface area contributed by atoms with E-state index in [0.29, 0.717) is 6.42 Å². The minimum Gasteiger partial charge on any atom is -0.548 e. The molecule has 0 aliphatic rings. The fourth-order valence-corrected chi connectivity index (χ4v) is 0.502. The zero-order valence-electron chi connectivity index (χ0n) is 5.96. The van der Waals surface area contributed by atoms with Crippen molar-refractivity contribution in [2.75, 3.05) is 0 Å². The van der Waals surface area contributed by atoms with Gasteiger partial charge < -0.3 is 9.90 Å². The number of carboxylic acid groups (broad SMARTS) is 1. The number of nitrogens with zero attached hydrogens (tertiary/aromatic N) is 1. The molecule has 0 aromatic carbocycles. The molecule has 0 fully saturated rings. The molecule has 0 spiro atoms. The quantitative estimate of drug-likeness (QED) is 0.240. The van der Waals surface area contributed by atoms with Crippen LogP contribution in [0.25, 0.3) is 0 Å². The summed E-state index contributed by atoms with van der Waals surface area (Å²) in [4.78, 5) is 13.4. The van der Waals surface area contributed by atoms with Gasteiger partial charge >= 0.3 is 18.9 Å². The number of isothiocyanates is 1. The topological polar surface area (TPSA) is 52.5 Å². The van der Waals surface area contributed by atoms with Crippen molar-refractivity contribution in [1.29, 1.82) is 0 Å². The molecule has 0 aromatic heterocycles. The minimum absolute atomic E-state index is 0. The smallest absolute Gasteiger partial charge is 0.548 e.